The van der Waals surface area contributed by atoms with Gasteiger partial charge in [0.05, 0.1) is 21.6 Å². The highest BCUT2D eigenvalue weighted by Gasteiger charge is 2.32. The first-order valence-corrected chi connectivity index (χ1v) is 9.62. The predicted molar refractivity (Wildman–Crippen MR) is 106 cm³/mol. The second kappa shape index (κ2) is 6.18. The molecule has 0 amide bonds. The Balaban J connectivity index is 1.88. The Hall–Kier alpha value is -2.65. The zero-order valence-corrected chi connectivity index (χ0v) is 16.0. The van der Waals surface area contributed by atoms with Crippen molar-refractivity contribution in [3.8, 4) is 0 Å². The lowest BCUT2D eigenvalue weighted by molar-refractivity contribution is 0.0695. The molecule has 1 saturated heterocycles. The van der Waals surface area contributed by atoms with E-state index in [4.69, 9.17) is 11.6 Å². The molecule has 1 aliphatic carbocycles. The van der Waals surface area contributed by atoms with E-state index in [9.17, 15) is 14.7 Å². The Labute approximate surface area is 164 Å². The van der Waals surface area contributed by atoms with E-state index in [0.29, 0.717) is 21.6 Å². The smallest absolute Gasteiger partial charge is 0.341 e. The fourth-order valence-electron chi connectivity index (χ4n) is 3.97. The van der Waals surface area contributed by atoms with Gasteiger partial charge in [-0.3, -0.25) is 4.79 Å². The van der Waals surface area contributed by atoms with Gasteiger partial charge in [-0.1, -0.05) is 11.6 Å². The Kier molecular flexibility index (Phi) is 3.85. The van der Waals surface area contributed by atoms with E-state index in [-0.39, 0.29) is 17.0 Å². The molecule has 10 heteroatoms. The molecule has 28 heavy (non-hydrogen) atoms. The van der Waals surface area contributed by atoms with Crippen LogP contribution >= 0.6 is 11.6 Å². The zero-order valence-electron chi connectivity index (χ0n) is 15.3. The molecule has 1 saturated carbocycles. The van der Waals surface area contributed by atoms with Gasteiger partial charge in [-0.2, -0.15) is 15.4 Å². The molecule has 2 fully saturated rings. The average Bonchev–Trinajstić information content (AvgIpc) is 3.40. The molecule has 0 radical (unpaired) electrons. The summed E-state index contributed by atoms with van der Waals surface area (Å²) in [5.74, 6) is -1.25. The highest BCUT2D eigenvalue weighted by molar-refractivity contribution is 6.40. The summed E-state index contributed by atoms with van der Waals surface area (Å²) in [4.78, 5) is 29.1. The van der Waals surface area contributed by atoms with Gasteiger partial charge in [0.15, 0.2) is 0 Å². The number of carboxylic acids is 1. The normalized spacial score (nSPS) is 18.3. The summed E-state index contributed by atoms with van der Waals surface area (Å²) < 4.78 is 1.84. The number of aromatic carboxylic acids is 1. The van der Waals surface area contributed by atoms with Gasteiger partial charge in [-0.05, 0) is 19.9 Å². The monoisotopic (exact) mass is 402 g/mol. The fraction of sp³-hybridized carbons (Fsp3) is 0.444. The Bertz CT molecular complexity index is 1170. The minimum Gasteiger partial charge on any atom is -0.477 e. The van der Waals surface area contributed by atoms with Crippen LogP contribution in [0, 0.1) is 0 Å². The van der Waals surface area contributed by atoms with E-state index in [1.807, 2.05) is 4.57 Å². The summed E-state index contributed by atoms with van der Waals surface area (Å²) >= 11 is 6.88. The van der Waals surface area contributed by atoms with E-state index in [1.54, 1.807) is 0 Å². The SMILES string of the molecule is CN1CCN(c2c(Cl)c3c(c(=O)c(C(=O)O)cn3C3CC3)c3n[nH]nc23)CC1. The molecule has 146 valence electrons. The number of H-pyrrole nitrogens is 1. The first kappa shape index (κ1) is 17.4. The number of likely N-dealkylation sites (N-methyl/N-ethyl adjacent to an activating group) is 1. The quantitative estimate of drug-likeness (QED) is 0.686. The van der Waals surface area contributed by atoms with E-state index in [0.717, 1.165) is 44.7 Å². The number of carboxylic acid groups (broad SMARTS) is 1. The van der Waals surface area contributed by atoms with E-state index < -0.39 is 11.4 Å². The van der Waals surface area contributed by atoms with Crippen LogP contribution in [0.3, 0.4) is 0 Å². The molecule has 1 aromatic carbocycles. The fourth-order valence-corrected chi connectivity index (χ4v) is 4.38. The number of aromatic amines is 1. The number of hydrogen-bond donors (Lipinski definition) is 2. The first-order chi connectivity index (χ1) is 13.5. The molecular weight excluding hydrogens is 384 g/mol. The Morgan fingerprint density at radius 3 is 2.54 bits per heavy atom. The lowest BCUT2D eigenvalue weighted by atomic mass is 10.1. The van der Waals surface area contributed by atoms with Gasteiger partial charge in [0.2, 0.25) is 5.43 Å². The van der Waals surface area contributed by atoms with Crippen LogP contribution in [0.25, 0.3) is 21.9 Å². The lowest BCUT2D eigenvalue weighted by Gasteiger charge is -2.34. The number of benzene rings is 1. The molecule has 0 atom stereocenters. The lowest BCUT2D eigenvalue weighted by Crippen LogP contribution is -2.44. The molecule has 0 spiro atoms. The summed E-state index contributed by atoms with van der Waals surface area (Å²) in [6, 6.07) is 0.142. The van der Waals surface area contributed by atoms with Gasteiger partial charge in [0, 0.05) is 38.4 Å². The van der Waals surface area contributed by atoms with Gasteiger partial charge >= 0.3 is 5.97 Å². The Morgan fingerprint density at radius 2 is 1.89 bits per heavy atom. The van der Waals surface area contributed by atoms with Crippen molar-refractivity contribution in [3.63, 3.8) is 0 Å². The molecule has 0 unspecified atom stereocenters. The Morgan fingerprint density at radius 1 is 1.21 bits per heavy atom. The van der Waals surface area contributed by atoms with E-state index in [1.165, 1.54) is 6.20 Å². The van der Waals surface area contributed by atoms with Gasteiger partial charge in [-0.25, -0.2) is 4.79 Å². The predicted octanol–water partition coefficient (Wildman–Crippen LogP) is 1.71. The van der Waals surface area contributed by atoms with Gasteiger partial charge in [-0.15, -0.1) is 0 Å². The highest BCUT2D eigenvalue weighted by Crippen LogP contribution is 2.44. The molecule has 3 heterocycles. The van der Waals surface area contributed by atoms with Crippen molar-refractivity contribution in [2.45, 2.75) is 18.9 Å². The molecule has 2 aliphatic rings. The molecular formula is C18H19ClN6O3. The number of anilines is 1. The second-order valence-corrected chi connectivity index (χ2v) is 7.89. The highest BCUT2D eigenvalue weighted by atomic mass is 35.5. The summed E-state index contributed by atoms with van der Waals surface area (Å²) in [5.41, 5.74) is 1.33. The van der Waals surface area contributed by atoms with Crippen molar-refractivity contribution in [2.75, 3.05) is 38.1 Å². The van der Waals surface area contributed by atoms with Crippen LogP contribution in [0.15, 0.2) is 11.0 Å². The third-order valence-electron chi connectivity index (χ3n) is 5.65. The van der Waals surface area contributed by atoms with Gasteiger partial charge in [0.25, 0.3) is 0 Å². The van der Waals surface area contributed by atoms with Crippen LogP contribution in [-0.4, -0.2) is 69.2 Å². The van der Waals surface area contributed by atoms with Crippen LogP contribution in [0.2, 0.25) is 5.02 Å². The number of piperazine rings is 1. The third kappa shape index (κ3) is 2.50. The second-order valence-electron chi connectivity index (χ2n) is 7.51. The summed E-state index contributed by atoms with van der Waals surface area (Å²) in [7, 11) is 2.07. The molecule has 5 rings (SSSR count). The maximum Gasteiger partial charge on any atom is 0.341 e. The van der Waals surface area contributed by atoms with Gasteiger partial charge < -0.3 is 19.5 Å². The van der Waals surface area contributed by atoms with Crippen molar-refractivity contribution < 1.29 is 9.90 Å². The van der Waals surface area contributed by atoms with Crippen LogP contribution in [-0.2, 0) is 0 Å². The molecule has 3 aromatic rings. The average molecular weight is 403 g/mol. The summed E-state index contributed by atoms with van der Waals surface area (Å²) in [6.45, 7) is 3.34. The van der Waals surface area contributed by atoms with Crippen molar-refractivity contribution in [2.24, 2.45) is 0 Å². The van der Waals surface area contributed by atoms with Crippen molar-refractivity contribution >= 4 is 45.2 Å². The third-order valence-corrected chi connectivity index (χ3v) is 6.01. The topological polar surface area (TPSA) is 107 Å². The van der Waals surface area contributed by atoms with Crippen LogP contribution in [0.5, 0.6) is 0 Å². The van der Waals surface area contributed by atoms with Gasteiger partial charge in [0.1, 0.15) is 16.6 Å². The number of halogens is 1. The molecule has 9 nitrogen and oxygen atoms in total. The van der Waals surface area contributed by atoms with Crippen LogP contribution in [0.4, 0.5) is 5.69 Å². The number of fused-ring (bicyclic) bond motifs is 3. The van der Waals surface area contributed by atoms with E-state index in [2.05, 4.69) is 32.3 Å². The molecule has 0 bridgehead atoms. The minimum atomic E-state index is -1.25. The van der Waals surface area contributed by atoms with Crippen molar-refractivity contribution in [1.82, 2.24) is 24.9 Å². The van der Waals surface area contributed by atoms with Crippen molar-refractivity contribution in [3.05, 3.63) is 27.0 Å². The summed E-state index contributed by atoms with van der Waals surface area (Å²) in [5, 5.41) is 21.2. The van der Waals surface area contributed by atoms with Crippen molar-refractivity contribution in [1.29, 1.82) is 0 Å². The molecule has 2 aromatic heterocycles. The zero-order chi connectivity index (χ0) is 19.6. The molecule has 1 aliphatic heterocycles. The maximum absolute atomic E-state index is 13.0. The number of pyridine rings is 1. The largest absolute Gasteiger partial charge is 0.477 e. The minimum absolute atomic E-state index is 0.142. The van der Waals surface area contributed by atoms with E-state index >= 15 is 0 Å². The van der Waals surface area contributed by atoms with Crippen LogP contribution < -0.4 is 10.3 Å². The number of nitrogens with one attached hydrogen (secondary N) is 1. The number of carbonyl (C=O) groups is 1. The summed E-state index contributed by atoms with van der Waals surface area (Å²) in [6.07, 6.45) is 3.28. The number of hydrogen-bond acceptors (Lipinski definition) is 6. The first-order valence-electron chi connectivity index (χ1n) is 9.25. The number of nitrogens with zero attached hydrogens (tertiary/aromatic N) is 5. The standard InChI is InChI=1S/C18H19ClN6O3/c1-23-4-6-24(7-5-23)16-12(19)15-11(13-14(16)21-22-20-13)17(26)10(18(27)28)8-25(15)9-2-3-9/h8-9H,2-7H2,1H3,(H,27,28)(H,20,21,22). The van der Waals surface area contributed by atoms with Crippen LogP contribution in [0.1, 0.15) is 29.2 Å². The number of rotatable bonds is 3. The molecule has 2 N–H and O–H groups in total. The maximum atomic E-state index is 13.0. The number of aromatic nitrogens is 4.